The number of para-hydroxylation sites is 1. The second-order valence-corrected chi connectivity index (χ2v) is 6.31. The first kappa shape index (κ1) is 14.3. The van der Waals surface area contributed by atoms with Crippen molar-refractivity contribution in [2.75, 3.05) is 0 Å². The summed E-state index contributed by atoms with van der Waals surface area (Å²) in [7, 11) is 0. The van der Waals surface area contributed by atoms with Gasteiger partial charge in [0.05, 0.1) is 12.2 Å². The van der Waals surface area contributed by atoms with Crippen molar-refractivity contribution in [3.05, 3.63) is 81.5 Å². The standard InChI is InChI=1S/C18H16ClN3O/c19-15-6-4-5-13(11-15)12-21-18(23)22(16-7-2-1-3-8-16)17(20-21)14-9-10-14/h1-8,11,14H,9-10,12H2. The van der Waals surface area contributed by atoms with Crippen LogP contribution in [0.1, 0.15) is 30.1 Å². The van der Waals surface area contributed by atoms with Crippen molar-refractivity contribution >= 4 is 11.6 Å². The highest BCUT2D eigenvalue weighted by Crippen LogP contribution is 2.39. The topological polar surface area (TPSA) is 39.8 Å². The third-order valence-corrected chi connectivity index (χ3v) is 4.28. The molecule has 116 valence electrons. The molecule has 0 aliphatic heterocycles. The van der Waals surface area contributed by atoms with Crippen LogP contribution in [0.3, 0.4) is 0 Å². The highest BCUT2D eigenvalue weighted by Gasteiger charge is 2.31. The Balaban J connectivity index is 1.78. The maximum Gasteiger partial charge on any atom is 0.350 e. The van der Waals surface area contributed by atoms with Gasteiger partial charge in [0.1, 0.15) is 5.82 Å². The van der Waals surface area contributed by atoms with E-state index in [2.05, 4.69) is 5.10 Å². The lowest BCUT2D eigenvalue weighted by Gasteiger charge is -2.03. The van der Waals surface area contributed by atoms with Gasteiger partial charge in [0.15, 0.2) is 0 Å². The van der Waals surface area contributed by atoms with Crippen molar-refractivity contribution in [3.8, 4) is 5.69 Å². The Hall–Kier alpha value is -2.33. The summed E-state index contributed by atoms with van der Waals surface area (Å²) < 4.78 is 3.27. The van der Waals surface area contributed by atoms with Gasteiger partial charge in [-0.2, -0.15) is 5.10 Å². The summed E-state index contributed by atoms with van der Waals surface area (Å²) in [6.45, 7) is 0.430. The number of halogens is 1. The minimum Gasteiger partial charge on any atom is -0.247 e. The van der Waals surface area contributed by atoms with Crippen LogP contribution in [0.15, 0.2) is 59.4 Å². The van der Waals surface area contributed by atoms with E-state index in [4.69, 9.17) is 11.6 Å². The lowest BCUT2D eigenvalue weighted by atomic mass is 10.2. The fourth-order valence-corrected chi connectivity index (χ4v) is 2.97. The number of hydrogen-bond donors (Lipinski definition) is 0. The van der Waals surface area contributed by atoms with E-state index >= 15 is 0 Å². The van der Waals surface area contributed by atoms with Gasteiger partial charge in [0.2, 0.25) is 0 Å². The first-order valence-electron chi connectivity index (χ1n) is 7.72. The first-order valence-corrected chi connectivity index (χ1v) is 8.10. The molecule has 1 saturated carbocycles. The number of hydrogen-bond acceptors (Lipinski definition) is 2. The average molecular weight is 326 g/mol. The minimum absolute atomic E-state index is 0.0990. The molecule has 1 heterocycles. The maximum atomic E-state index is 12.8. The largest absolute Gasteiger partial charge is 0.350 e. The van der Waals surface area contributed by atoms with Crippen molar-refractivity contribution in [2.45, 2.75) is 25.3 Å². The Morgan fingerprint density at radius 2 is 1.87 bits per heavy atom. The Kier molecular flexibility index (Phi) is 3.54. The van der Waals surface area contributed by atoms with E-state index in [-0.39, 0.29) is 5.69 Å². The van der Waals surface area contributed by atoms with Crippen LogP contribution in [0.4, 0.5) is 0 Å². The number of nitrogens with zero attached hydrogens (tertiary/aromatic N) is 3. The molecule has 0 N–H and O–H groups in total. The Bertz CT molecular complexity index is 894. The molecule has 4 nitrogen and oxygen atoms in total. The second kappa shape index (κ2) is 5.70. The zero-order valence-electron chi connectivity index (χ0n) is 12.5. The molecule has 0 amide bonds. The molecule has 1 aliphatic rings. The van der Waals surface area contributed by atoms with Crippen molar-refractivity contribution in [3.63, 3.8) is 0 Å². The van der Waals surface area contributed by atoms with Crippen LogP contribution in [0.25, 0.3) is 5.69 Å². The van der Waals surface area contributed by atoms with Gasteiger partial charge >= 0.3 is 5.69 Å². The van der Waals surface area contributed by atoms with Gasteiger partial charge in [0, 0.05) is 10.9 Å². The summed E-state index contributed by atoms with van der Waals surface area (Å²) in [5.41, 5.74) is 1.74. The predicted octanol–water partition coefficient (Wildman–Crippen LogP) is 3.61. The third-order valence-electron chi connectivity index (χ3n) is 4.04. The highest BCUT2D eigenvalue weighted by molar-refractivity contribution is 6.30. The van der Waals surface area contributed by atoms with Gasteiger partial charge in [-0.15, -0.1) is 0 Å². The summed E-state index contributed by atoms with van der Waals surface area (Å²) in [6, 6.07) is 17.2. The van der Waals surface area contributed by atoms with E-state index < -0.39 is 0 Å². The molecule has 1 aromatic heterocycles. The molecular weight excluding hydrogens is 310 g/mol. The molecule has 23 heavy (non-hydrogen) atoms. The van der Waals surface area contributed by atoms with Gasteiger partial charge in [-0.05, 0) is 42.7 Å². The van der Waals surface area contributed by atoms with E-state index in [1.54, 1.807) is 4.57 Å². The van der Waals surface area contributed by atoms with Gasteiger partial charge in [-0.3, -0.25) is 0 Å². The van der Waals surface area contributed by atoms with Gasteiger partial charge < -0.3 is 0 Å². The summed E-state index contributed by atoms with van der Waals surface area (Å²) in [5, 5.41) is 5.26. The number of aromatic nitrogens is 3. The molecule has 0 unspecified atom stereocenters. The van der Waals surface area contributed by atoms with Gasteiger partial charge in [0.25, 0.3) is 0 Å². The SMILES string of the molecule is O=c1n(Cc2cccc(Cl)c2)nc(C2CC2)n1-c1ccccc1. The van der Waals surface area contributed by atoms with Gasteiger partial charge in [-0.1, -0.05) is 41.9 Å². The molecule has 0 radical (unpaired) electrons. The first-order chi connectivity index (χ1) is 11.2. The zero-order chi connectivity index (χ0) is 15.8. The summed E-state index contributed by atoms with van der Waals surface area (Å²) in [4.78, 5) is 12.8. The summed E-state index contributed by atoms with van der Waals surface area (Å²) in [5.74, 6) is 1.26. The fourth-order valence-electron chi connectivity index (χ4n) is 2.76. The molecule has 3 aromatic rings. The lowest BCUT2D eigenvalue weighted by molar-refractivity contribution is 0.648. The second-order valence-electron chi connectivity index (χ2n) is 5.87. The van der Waals surface area contributed by atoms with Gasteiger partial charge in [-0.25, -0.2) is 14.0 Å². The van der Waals surface area contributed by atoms with E-state index in [1.807, 2.05) is 54.6 Å². The van der Waals surface area contributed by atoms with Crippen molar-refractivity contribution in [1.82, 2.24) is 14.3 Å². The predicted molar refractivity (Wildman–Crippen MR) is 90.4 cm³/mol. The van der Waals surface area contributed by atoms with Crippen LogP contribution in [-0.4, -0.2) is 14.3 Å². The van der Waals surface area contributed by atoms with Crippen LogP contribution >= 0.6 is 11.6 Å². The Labute approximate surface area is 139 Å². The molecule has 0 saturated heterocycles. The van der Waals surface area contributed by atoms with Crippen LogP contribution in [-0.2, 0) is 6.54 Å². The lowest BCUT2D eigenvalue weighted by Crippen LogP contribution is -2.24. The molecule has 0 spiro atoms. The molecule has 1 aliphatic carbocycles. The van der Waals surface area contributed by atoms with E-state index in [9.17, 15) is 4.79 Å². The van der Waals surface area contributed by atoms with Crippen LogP contribution < -0.4 is 5.69 Å². The molecular formula is C18H16ClN3O. The Morgan fingerprint density at radius 3 is 2.57 bits per heavy atom. The smallest absolute Gasteiger partial charge is 0.247 e. The molecule has 0 atom stereocenters. The average Bonchev–Trinajstić information content (AvgIpc) is 3.34. The number of rotatable bonds is 4. The maximum absolute atomic E-state index is 12.8. The van der Waals surface area contributed by atoms with Crippen molar-refractivity contribution in [2.24, 2.45) is 0 Å². The summed E-state index contributed by atoms with van der Waals surface area (Å²) in [6.07, 6.45) is 2.20. The normalized spacial score (nSPS) is 14.1. The van der Waals surface area contributed by atoms with Crippen molar-refractivity contribution < 1.29 is 0 Å². The van der Waals surface area contributed by atoms with E-state index in [1.165, 1.54) is 4.68 Å². The molecule has 4 rings (SSSR count). The van der Waals surface area contributed by atoms with E-state index in [0.29, 0.717) is 17.5 Å². The molecule has 0 bridgehead atoms. The zero-order valence-corrected chi connectivity index (χ0v) is 13.3. The molecule has 2 aromatic carbocycles. The highest BCUT2D eigenvalue weighted by atomic mass is 35.5. The van der Waals surface area contributed by atoms with Crippen LogP contribution in [0, 0.1) is 0 Å². The monoisotopic (exact) mass is 325 g/mol. The number of benzene rings is 2. The fraction of sp³-hybridized carbons (Fsp3) is 0.222. The Morgan fingerprint density at radius 1 is 1.09 bits per heavy atom. The minimum atomic E-state index is -0.0990. The summed E-state index contributed by atoms with van der Waals surface area (Å²) >= 11 is 6.03. The quantitative estimate of drug-likeness (QED) is 0.735. The van der Waals surface area contributed by atoms with E-state index in [0.717, 1.165) is 29.9 Å². The molecule has 1 fully saturated rings. The third kappa shape index (κ3) is 2.82. The van der Waals surface area contributed by atoms with Crippen LogP contribution in [0.5, 0.6) is 0 Å². The van der Waals surface area contributed by atoms with Crippen LogP contribution in [0.2, 0.25) is 5.02 Å². The van der Waals surface area contributed by atoms with Crippen molar-refractivity contribution in [1.29, 1.82) is 0 Å². The molecule has 5 heteroatoms.